The van der Waals surface area contributed by atoms with Crippen LogP contribution in [0.25, 0.3) is 0 Å². The third-order valence-corrected chi connectivity index (χ3v) is 6.64. The average molecular weight is 395 g/mol. The number of nitrogens with zero attached hydrogens (tertiary/aromatic N) is 3. The van der Waals surface area contributed by atoms with Crippen LogP contribution in [0.3, 0.4) is 0 Å². The molecule has 7 heteroatoms. The Morgan fingerprint density at radius 3 is 2.96 bits per heavy atom. The van der Waals surface area contributed by atoms with Gasteiger partial charge in [0.2, 0.25) is 11.8 Å². The Balaban J connectivity index is 1.45. The molecule has 1 aliphatic heterocycles. The second kappa shape index (κ2) is 8.11. The molecule has 4 rings (SSSR count). The molecular formula is C21H22N4O2S. The number of amides is 2. The molecule has 2 aliphatic rings. The molecule has 0 aromatic carbocycles. The van der Waals surface area contributed by atoms with Crippen LogP contribution in [0.4, 0.5) is 5.00 Å². The molecule has 2 aromatic heterocycles. The number of carbonyl (C=O) groups is 2. The van der Waals surface area contributed by atoms with Gasteiger partial charge in [0, 0.05) is 24.0 Å². The van der Waals surface area contributed by atoms with Crippen molar-refractivity contribution in [3.05, 3.63) is 46.1 Å². The van der Waals surface area contributed by atoms with Crippen LogP contribution in [0.1, 0.15) is 47.4 Å². The van der Waals surface area contributed by atoms with E-state index in [0.717, 1.165) is 36.9 Å². The van der Waals surface area contributed by atoms with Crippen molar-refractivity contribution in [3.63, 3.8) is 0 Å². The number of hydrogen-bond acceptors (Lipinski definition) is 5. The summed E-state index contributed by atoms with van der Waals surface area (Å²) in [6, 6.07) is 7.88. The summed E-state index contributed by atoms with van der Waals surface area (Å²) in [5, 5.41) is 13.2. The molecular weight excluding hydrogens is 372 g/mol. The summed E-state index contributed by atoms with van der Waals surface area (Å²) in [6.07, 6.45) is 7.19. The molecule has 0 bridgehead atoms. The van der Waals surface area contributed by atoms with E-state index in [1.54, 1.807) is 11.1 Å². The van der Waals surface area contributed by atoms with E-state index in [4.69, 9.17) is 0 Å². The average Bonchev–Trinajstić information content (AvgIpc) is 3.13. The van der Waals surface area contributed by atoms with Crippen molar-refractivity contribution in [3.8, 4) is 6.07 Å². The van der Waals surface area contributed by atoms with E-state index in [1.165, 1.54) is 22.6 Å². The zero-order valence-corrected chi connectivity index (χ0v) is 16.4. The number of anilines is 1. The Morgan fingerprint density at radius 1 is 1.32 bits per heavy atom. The van der Waals surface area contributed by atoms with Crippen LogP contribution in [0.2, 0.25) is 0 Å². The summed E-state index contributed by atoms with van der Waals surface area (Å²) in [5.74, 6) is -0.609. The van der Waals surface area contributed by atoms with E-state index in [-0.39, 0.29) is 18.2 Å². The molecule has 0 unspecified atom stereocenters. The lowest BCUT2D eigenvalue weighted by atomic mass is 10.1. The number of carbonyl (C=O) groups excluding carboxylic acids is 2. The number of thiophene rings is 1. The Kier molecular flexibility index (Phi) is 5.40. The molecule has 28 heavy (non-hydrogen) atoms. The molecule has 144 valence electrons. The maximum Gasteiger partial charge on any atom is 0.230 e. The zero-order valence-electron chi connectivity index (χ0n) is 15.6. The van der Waals surface area contributed by atoms with E-state index < -0.39 is 5.92 Å². The van der Waals surface area contributed by atoms with E-state index in [0.29, 0.717) is 23.7 Å². The number of nitrogens with one attached hydrogen (secondary N) is 1. The topological polar surface area (TPSA) is 86.1 Å². The quantitative estimate of drug-likeness (QED) is 0.807. The lowest BCUT2D eigenvalue weighted by Crippen LogP contribution is -2.28. The number of pyridine rings is 1. The number of likely N-dealkylation sites (tertiary alicyclic amines) is 1. The van der Waals surface area contributed by atoms with Gasteiger partial charge in [-0.1, -0.05) is 12.5 Å². The first-order valence-electron chi connectivity index (χ1n) is 9.69. The fraction of sp³-hybridized carbons (Fsp3) is 0.429. The third-order valence-electron chi connectivity index (χ3n) is 5.43. The second-order valence-electron chi connectivity index (χ2n) is 7.37. The molecule has 0 radical (unpaired) electrons. The number of fused-ring (bicyclic) bond motifs is 1. The van der Waals surface area contributed by atoms with Crippen molar-refractivity contribution < 1.29 is 9.59 Å². The number of hydrogen-bond donors (Lipinski definition) is 1. The molecule has 0 saturated carbocycles. The van der Waals surface area contributed by atoms with Crippen molar-refractivity contribution in [1.82, 2.24) is 9.88 Å². The summed E-state index contributed by atoms with van der Waals surface area (Å²) >= 11 is 1.53. The maximum absolute atomic E-state index is 12.8. The predicted molar refractivity (Wildman–Crippen MR) is 107 cm³/mol. The summed E-state index contributed by atoms with van der Waals surface area (Å²) in [7, 11) is 0. The number of aryl methyl sites for hydroxylation is 1. The first-order chi connectivity index (χ1) is 13.7. The summed E-state index contributed by atoms with van der Waals surface area (Å²) in [6.45, 7) is 0.800. The van der Waals surface area contributed by atoms with Crippen LogP contribution in [0.5, 0.6) is 0 Å². The van der Waals surface area contributed by atoms with Gasteiger partial charge in [0.05, 0.1) is 23.7 Å². The first-order valence-corrected chi connectivity index (χ1v) is 10.5. The highest BCUT2D eigenvalue weighted by molar-refractivity contribution is 7.16. The predicted octanol–water partition coefficient (Wildman–Crippen LogP) is 3.27. The molecule has 3 heterocycles. The van der Waals surface area contributed by atoms with Crippen LogP contribution in [-0.4, -0.2) is 28.2 Å². The number of rotatable bonds is 4. The van der Waals surface area contributed by atoms with Crippen molar-refractivity contribution in [2.45, 2.75) is 45.1 Å². The Hall–Kier alpha value is -2.72. The summed E-state index contributed by atoms with van der Waals surface area (Å²) in [5.41, 5.74) is 2.54. The minimum atomic E-state index is -0.398. The zero-order chi connectivity index (χ0) is 19.5. The van der Waals surface area contributed by atoms with Crippen molar-refractivity contribution in [2.75, 3.05) is 11.9 Å². The lowest BCUT2D eigenvalue weighted by molar-refractivity contribution is -0.128. The minimum absolute atomic E-state index is 0.0340. The van der Waals surface area contributed by atoms with Crippen LogP contribution < -0.4 is 5.32 Å². The Bertz CT molecular complexity index is 932. The molecule has 2 amide bonds. The molecule has 1 aliphatic carbocycles. The standard InChI is InChI=1S/C21H22N4O2S/c22-11-17-16-7-2-1-3-8-18(16)28-21(17)24-20(27)14-10-19(26)25(12-14)13-15-6-4-5-9-23-15/h4-6,9,14H,1-3,7-8,10,12-13H2,(H,24,27)/t14-/m1/s1. The largest absolute Gasteiger partial charge is 0.336 e. The minimum Gasteiger partial charge on any atom is -0.336 e. The number of nitriles is 1. The van der Waals surface area contributed by atoms with Crippen molar-refractivity contribution in [2.24, 2.45) is 5.92 Å². The first kappa shape index (κ1) is 18.6. The molecule has 0 spiro atoms. The van der Waals surface area contributed by atoms with Gasteiger partial charge in [-0.25, -0.2) is 0 Å². The highest BCUT2D eigenvalue weighted by Gasteiger charge is 2.35. The number of aromatic nitrogens is 1. The molecule has 6 nitrogen and oxygen atoms in total. The maximum atomic E-state index is 12.8. The van der Waals surface area contributed by atoms with Gasteiger partial charge in [0.25, 0.3) is 0 Å². The van der Waals surface area contributed by atoms with E-state index in [2.05, 4.69) is 16.4 Å². The van der Waals surface area contributed by atoms with Gasteiger partial charge in [-0.2, -0.15) is 5.26 Å². The van der Waals surface area contributed by atoms with Gasteiger partial charge in [0.15, 0.2) is 0 Å². The Labute approximate surface area is 168 Å². The molecule has 1 N–H and O–H groups in total. The van der Waals surface area contributed by atoms with Gasteiger partial charge < -0.3 is 10.2 Å². The van der Waals surface area contributed by atoms with Gasteiger partial charge in [-0.3, -0.25) is 14.6 Å². The SMILES string of the molecule is N#Cc1c(NC(=O)[C@@H]2CC(=O)N(Cc3ccccn3)C2)sc2c1CCCCC2. The lowest BCUT2D eigenvalue weighted by Gasteiger charge is -2.16. The van der Waals surface area contributed by atoms with Crippen LogP contribution in [0, 0.1) is 17.2 Å². The normalized spacial score (nSPS) is 19.0. The van der Waals surface area contributed by atoms with Gasteiger partial charge in [0.1, 0.15) is 11.1 Å². The van der Waals surface area contributed by atoms with Gasteiger partial charge >= 0.3 is 0 Å². The fourth-order valence-electron chi connectivity index (χ4n) is 3.95. The molecule has 1 atom stereocenters. The van der Waals surface area contributed by atoms with Crippen molar-refractivity contribution in [1.29, 1.82) is 5.26 Å². The van der Waals surface area contributed by atoms with E-state index in [9.17, 15) is 14.9 Å². The van der Waals surface area contributed by atoms with Gasteiger partial charge in [-0.05, 0) is 43.4 Å². The highest BCUT2D eigenvalue weighted by atomic mass is 32.1. The second-order valence-corrected chi connectivity index (χ2v) is 8.47. The molecule has 1 saturated heterocycles. The van der Waals surface area contributed by atoms with E-state index >= 15 is 0 Å². The third kappa shape index (κ3) is 3.78. The summed E-state index contributed by atoms with van der Waals surface area (Å²) in [4.78, 5) is 32.3. The molecule has 1 fully saturated rings. The monoisotopic (exact) mass is 394 g/mol. The van der Waals surface area contributed by atoms with Crippen LogP contribution in [0.15, 0.2) is 24.4 Å². The Morgan fingerprint density at radius 2 is 2.18 bits per heavy atom. The smallest absolute Gasteiger partial charge is 0.230 e. The van der Waals surface area contributed by atoms with Crippen LogP contribution in [-0.2, 0) is 29.0 Å². The van der Waals surface area contributed by atoms with E-state index in [1.807, 2.05) is 18.2 Å². The fourth-order valence-corrected chi connectivity index (χ4v) is 5.19. The summed E-state index contributed by atoms with van der Waals surface area (Å²) < 4.78 is 0. The highest BCUT2D eigenvalue weighted by Crippen LogP contribution is 2.37. The van der Waals surface area contributed by atoms with Crippen molar-refractivity contribution >= 4 is 28.2 Å². The molecule has 2 aromatic rings. The van der Waals surface area contributed by atoms with Crippen LogP contribution >= 0.6 is 11.3 Å². The van der Waals surface area contributed by atoms with Gasteiger partial charge in [-0.15, -0.1) is 11.3 Å².